The van der Waals surface area contributed by atoms with E-state index >= 15 is 0 Å². The van der Waals surface area contributed by atoms with Gasteiger partial charge in [0.15, 0.2) is 0 Å². The van der Waals surface area contributed by atoms with E-state index in [1.807, 2.05) is 0 Å². The summed E-state index contributed by atoms with van der Waals surface area (Å²) in [4.78, 5) is 0. The fraction of sp³-hybridized carbons (Fsp3) is 1.00. The van der Waals surface area contributed by atoms with Crippen molar-refractivity contribution in [1.82, 2.24) is 0 Å². The standard InChI is InChI=1S/C9H17N/c1-6-3-4-9(6)7(2)5-8(9)10/h6-8H,3-5,10H2,1-2H3. The molecule has 58 valence electrons. The molecule has 2 rings (SSSR count). The molecule has 1 spiro atoms. The van der Waals surface area contributed by atoms with Crippen molar-refractivity contribution in [1.29, 1.82) is 0 Å². The second kappa shape index (κ2) is 1.76. The van der Waals surface area contributed by atoms with Gasteiger partial charge in [-0.25, -0.2) is 0 Å². The molecule has 2 fully saturated rings. The molecule has 4 atom stereocenters. The summed E-state index contributed by atoms with van der Waals surface area (Å²) in [5.41, 5.74) is 6.60. The summed E-state index contributed by atoms with van der Waals surface area (Å²) in [6.45, 7) is 4.72. The molecule has 1 heteroatoms. The van der Waals surface area contributed by atoms with E-state index in [4.69, 9.17) is 5.73 Å². The first-order valence-corrected chi connectivity index (χ1v) is 4.43. The second-order valence-electron chi connectivity index (χ2n) is 4.30. The first-order valence-electron chi connectivity index (χ1n) is 4.43. The van der Waals surface area contributed by atoms with Crippen LogP contribution in [0.1, 0.15) is 33.1 Å². The smallest absolute Gasteiger partial charge is 0.0103 e. The third-order valence-electron chi connectivity index (χ3n) is 4.14. The highest BCUT2D eigenvalue weighted by Crippen LogP contribution is 2.61. The highest BCUT2D eigenvalue weighted by molar-refractivity contribution is 5.10. The van der Waals surface area contributed by atoms with Gasteiger partial charge in [-0.05, 0) is 36.5 Å². The van der Waals surface area contributed by atoms with Gasteiger partial charge in [0.05, 0.1) is 0 Å². The lowest BCUT2D eigenvalue weighted by molar-refractivity contribution is -0.116. The Morgan fingerprint density at radius 1 is 1.30 bits per heavy atom. The summed E-state index contributed by atoms with van der Waals surface area (Å²) in [5, 5.41) is 0. The molecule has 10 heavy (non-hydrogen) atoms. The van der Waals surface area contributed by atoms with E-state index in [1.54, 1.807) is 0 Å². The minimum Gasteiger partial charge on any atom is -0.327 e. The Hall–Kier alpha value is -0.0400. The Labute approximate surface area is 63.0 Å². The SMILES string of the molecule is CC1CCC12C(C)CC2N. The van der Waals surface area contributed by atoms with Crippen molar-refractivity contribution < 1.29 is 0 Å². The second-order valence-corrected chi connectivity index (χ2v) is 4.30. The van der Waals surface area contributed by atoms with Gasteiger partial charge in [0, 0.05) is 6.04 Å². The van der Waals surface area contributed by atoms with Crippen LogP contribution in [0.25, 0.3) is 0 Å². The Bertz CT molecular complexity index is 137. The van der Waals surface area contributed by atoms with E-state index in [1.165, 1.54) is 19.3 Å². The summed E-state index contributed by atoms with van der Waals surface area (Å²) in [5.74, 6) is 1.82. The van der Waals surface area contributed by atoms with Gasteiger partial charge < -0.3 is 5.73 Å². The molecule has 2 N–H and O–H groups in total. The zero-order valence-electron chi connectivity index (χ0n) is 6.93. The topological polar surface area (TPSA) is 26.0 Å². The predicted molar refractivity (Wildman–Crippen MR) is 42.6 cm³/mol. The van der Waals surface area contributed by atoms with Gasteiger partial charge >= 0.3 is 0 Å². The summed E-state index contributed by atoms with van der Waals surface area (Å²) in [7, 11) is 0. The van der Waals surface area contributed by atoms with Gasteiger partial charge in [-0.2, -0.15) is 0 Å². The summed E-state index contributed by atoms with van der Waals surface area (Å²) < 4.78 is 0. The molecule has 2 aliphatic carbocycles. The average molecular weight is 139 g/mol. The highest BCUT2D eigenvalue weighted by atomic mass is 14.8. The molecule has 0 aromatic carbocycles. The van der Waals surface area contributed by atoms with Crippen LogP contribution in [-0.4, -0.2) is 6.04 Å². The molecule has 0 radical (unpaired) electrons. The molecule has 1 nitrogen and oxygen atoms in total. The van der Waals surface area contributed by atoms with Crippen molar-refractivity contribution in [2.24, 2.45) is 23.0 Å². The minimum atomic E-state index is 0.534. The van der Waals surface area contributed by atoms with Gasteiger partial charge in [-0.15, -0.1) is 0 Å². The molecule has 0 bridgehead atoms. The van der Waals surface area contributed by atoms with Crippen LogP contribution in [0.3, 0.4) is 0 Å². The monoisotopic (exact) mass is 139 g/mol. The Balaban J connectivity index is 2.13. The maximum absolute atomic E-state index is 6.00. The lowest BCUT2D eigenvalue weighted by Gasteiger charge is -2.63. The van der Waals surface area contributed by atoms with Gasteiger partial charge in [0.2, 0.25) is 0 Å². The van der Waals surface area contributed by atoms with Crippen LogP contribution in [0.2, 0.25) is 0 Å². The van der Waals surface area contributed by atoms with Crippen LogP contribution < -0.4 is 5.73 Å². The fourth-order valence-corrected chi connectivity index (χ4v) is 3.07. The van der Waals surface area contributed by atoms with Crippen molar-refractivity contribution in [3.8, 4) is 0 Å². The van der Waals surface area contributed by atoms with Gasteiger partial charge in [-0.1, -0.05) is 13.8 Å². The van der Waals surface area contributed by atoms with Gasteiger partial charge in [0.1, 0.15) is 0 Å². The van der Waals surface area contributed by atoms with E-state index in [-0.39, 0.29) is 0 Å². The Kier molecular flexibility index (Phi) is 1.17. The molecule has 0 saturated heterocycles. The summed E-state index contributed by atoms with van der Waals surface area (Å²) >= 11 is 0. The molecule has 2 saturated carbocycles. The largest absolute Gasteiger partial charge is 0.327 e. The third-order valence-corrected chi connectivity index (χ3v) is 4.14. The molecular formula is C9H17N. The Morgan fingerprint density at radius 2 is 2.00 bits per heavy atom. The normalized spacial score (nSPS) is 59.7. The Morgan fingerprint density at radius 3 is 2.10 bits per heavy atom. The van der Waals surface area contributed by atoms with Crippen LogP contribution in [0, 0.1) is 17.3 Å². The minimum absolute atomic E-state index is 0.534. The van der Waals surface area contributed by atoms with Crippen molar-refractivity contribution in [3.63, 3.8) is 0 Å². The van der Waals surface area contributed by atoms with Crippen LogP contribution >= 0.6 is 0 Å². The van der Waals surface area contributed by atoms with E-state index in [2.05, 4.69) is 13.8 Å². The molecule has 0 aromatic rings. The molecule has 2 aliphatic rings. The highest BCUT2D eigenvalue weighted by Gasteiger charge is 2.58. The molecule has 0 heterocycles. The summed E-state index contributed by atoms with van der Waals surface area (Å²) in [6, 6.07) is 0.534. The first kappa shape index (κ1) is 6.66. The van der Waals surface area contributed by atoms with E-state index < -0.39 is 0 Å². The molecular weight excluding hydrogens is 122 g/mol. The lowest BCUT2D eigenvalue weighted by atomic mass is 9.43. The maximum atomic E-state index is 6.00. The maximum Gasteiger partial charge on any atom is 0.0103 e. The van der Waals surface area contributed by atoms with E-state index in [0.29, 0.717) is 11.5 Å². The number of hydrogen-bond acceptors (Lipinski definition) is 1. The predicted octanol–water partition coefficient (Wildman–Crippen LogP) is 1.77. The molecule has 0 aliphatic heterocycles. The molecule has 0 aromatic heterocycles. The van der Waals surface area contributed by atoms with Crippen LogP contribution in [-0.2, 0) is 0 Å². The van der Waals surface area contributed by atoms with E-state index in [9.17, 15) is 0 Å². The van der Waals surface area contributed by atoms with Crippen LogP contribution in [0.4, 0.5) is 0 Å². The third kappa shape index (κ3) is 0.493. The van der Waals surface area contributed by atoms with Gasteiger partial charge in [-0.3, -0.25) is 0 Å². The number of hydrogen-bond donors (Lipinski definition) is 1. The van der Waals surface area contributed by atoms with E-state index in [0.717, 1.165) is 11.8 Å². The van der Waals surface area contributed by atoms with Crippen molar-refractivity contribution in [2.75, 3.05) is 0 Å². The van der Waals surface area contributed by atoms with Crippen molar-refractivity contribution in [3.05, 3.63) is 0 Å². The zero-order chi connectivity index (χ0) is 7.35. The molecule has 0 amide bonds. The van der Waals surface area contributed by atoms with Crippen molar-refractivity contribution in [2.45, 2.75) is 39.2 Å². The summed E-state index contributed by atoms with van der Waals surface area (Å²) in [6.07, 6.45) is 4.08. The number of nitrogens with two attached hydrogens (primary N) is 1. The quantitative estimate of drug-likeness (QED) is 0.544. The van der Waals surface area contributed by atoms with Gasteiger partial charge in [0.25, 0.3) is 0 Å². The lowest BCUT2D eigenvalue weighted by Crippen LogP contribution is -2.64. The average Bonchev–Trinajstić information content (AvgIpc) is 1.84. The number of rotatable bonds is 0. The fourth-order valence-electron chi connectivity index (χ4n) is 3.07. The molecule has 4 unspecified atom stereocenters. The zero-order valence-corrected chi connectivity index (χ0v) is 6.93. The van der Waals surface area contributed by atoms with Crippen molar-refractivity contribution >= 4 is 0 Å². The van der Waals surface area contributed by atoms with Crippen LogP contribution in [0.15, 0.2) is 0 Å². The first-order chi connectivity index (χ1) is 4.68. The van der Waals surface area contributed by atoms with Crippen LogP contribution in [0.5, 0.6) is 0 Å².